The molecule has 0 aliphatic carbocycles. The van der Waals surface area contributed by atoms with E-state index in [4.69, 9.17) is 9.73 Å². The van der Waals surface area contributed by atoms with Crippen LogP contribution < -0.4 is 10.7 Å². The van der Waals surface area contributed by atoms with E-state index in [0.717, 1.165) is 36.7 Å². The summed E-state index contributed by atoms with van der Waals surface area (Å²) in [5.74, 6) is 1.63. The molecule has 0 bridgehead atoms. The summed E-state index contributed by atoms with van der Waals surface area (Å²) in [6.45, 7) is 10.0. The standard InChI is InChI=1S/C27H35N5O2/c1-20-16-32(17-21-10-6-4-7-11-21)18-24(20)25-28-14-23(30-31-25)15-29-26(33)27(2,3)34-19-22-12-8-5-9-13-22/h4-13,20,24H,14-19H2,1-3H3,(H,28,31)(H,29,33). The fourth-order valence-corrected chi connectivity index (χ4v) is 4.37. The molecule has 2 aromatic rings. The van der Waals surface area contributed by atoms with E-state index >= 15 is 0 Å². The molecular weight excluding hydrogens is 426 g/mol. The van der Waals surface area contributed by atoms with Gasteiger partial charge >= 0.3 is 0 Å². The first-order valence-electron chi connectivity index (χ1n) is 12.0. The predicted octanol–water partition coefficient (Wildman–Crippen LogP) is 3.22. The largest absolute Gasteiger partial charge is 0.361 e. The minimum Gasteiger partial charge on any atom is -0.361 e. The van der Waals surface area contributed by atoms with Gasteiger partial charge in [0.05, 0.1) is 25.4 Å². The van der Waals surface area contributed by atoms with Crippen molar-refractivity contribution in [1.29, 1.82) is 0 Å². The van der Waals surface area contributed by atoms with Crippen LogP contribution in [-0.4, -0.2) is 54.1 Å². The second-order valence-electron chi connectivity index (χ2n) is 9.72. The number of amidine groups is 1. The van der Waals surface area contributed by atoms with Crippen LogP contribution in [0.5, 0.6) is 0 Å². The molecule has 2 atom stereocenters. The number of rotatable bonds is 9. The average Bonchev–Trinajstić information content (AvgIpc) is 3.22. The number of aliphatic imine (C=N–C) groups is 1. The number of likely N-dealkylation sites (tertiary alicyclic amines) is 1. The van der Waals surface area contributed by atoms with Crippen molar-refractivity contribution in [3.8, 4) is 0 Å². The van der Waals surface area contributed by atoms with Crippen LogP contribution >= 0.6 is 0 Å². The Hall–Kier alpha value is -3.03. The summed E-state index contributed by atoms with van der Waals surface area (Å²) in [6.07, 6.45) is 0. The molecule has 2 aliphatic rings. The van der Waals surface area contributed by atoms with Crippen molar-refractivity contribution in [2.45, 2.75) is 39.5 Å². The van der Waals surface area contributed by atoms with Gasteiger partial charge in [-0.05, 0) is 30.9 Å². The minimum absolute atomic E-state index is 0.165. The summed E-state index contributed by atoms with van der Waals surface area (Å²) in [6, 6.07) is 20.4. The van der Waals surface area contributed by atoms with Crippen LogP contribution in [0.1, 0.15) is 31.9 Å². The van der Waals surface area contributed by atoms with Gasteiger partial charge in [-0.15, -0.1) is 0 Å². The van der Waals surface area contributed by atoms with Crippen LogP contribution in [0.2, 0.25) is 0 Å². The zero-order valence-electron chi connectivity index (χ0n) is 20.3. The number of nitrogens with one attached hydrogen (secondary N) is 2. The number of hydrogen-bond acceptors (Lipinski definition) is 6. The molecule has 2 heterocycles. The Morgan fingerprint density at radius 2 is 1.76 bits per heavy atom. The third-order valence-corrected chi connectivity index (χ3v) is 6.49. The summed E-state index contributed by atoms with van der Waals surface area (Å²) in [4.78, 5) is 19.9. The first-order valence-corrected chi connectivity index (χ1v) is 12.0. The Balaban J connectivity index is 1.22. The second kappa shape index (κ2) is 10.9. The van der Waals surface area contributed by atoms with Crippen molar-refractivity contribution < 1.29 is 9.53 Å². The molecule has 1 amide bonds. The van der Waals surface area contributed by atoms with E-state index < -0.39 is 5.60 Å². The lowest BCUT2D eigenvalue weighted by Gasteiger charge is -2.25. The number of nitrogens with zero attached hydrogens (tertiary/aromatic N) is 3. The van der Waals surface area contributed by atoms with Gasteiger partial charge < -0.3 is 10.1 Å². The van der Waals surface area contributed by atoms with Gasteiger partial charge in [0.25, 0.3) is 5.91 Å². The Morgan fingerprint density at radius 1 is 1.09 bits per heavy atom. The SMILES string of the molecule is CC1CN(Cc2ccccc2)CC1C1=NCC(CNC(=O)C(C)(C)OCc2ccccc2)=NN1. The van der Waals surface area contributed by atoms with E-state index in [0.29, 0.717) is 31.5 Å². The summed E-state index contributed by atoms with van der Waals surface area (Å²) in [5, 5.41) is 7.45. The van der Waals surface area contributed by atoms with Crippen molar-refractivity contribution >= 4 is 17.5 Å². The number of carbonyl (C=O) groups excluding carboxylic acids is 1. The van der Waals surface area contributed by atoms with Crippen LogP contribution in [-0.2, 0) is 22.7 Å². The number of carbonyl (C=O) groups is 1. The first kappa shape index (κ1) is 24.1. The molecule has 0 aromatic heterocycles. The summed E-state index contributed by atoms with van der Waals surface area (Å²) in [7, 11) is 0. The van der Waals surface area contributed by atoms with Gasteiger partial charge in [-0.2, -0.15) is 5.10 Å². The van der Waals surface area contributed by atoms with E-state index in [9.17, 15) is 4.79 Å². The first-order chi connectivity index (χ1) is 16.4. The average molecular weight is 462 g/mol. The molecule has 2 aliphatic heterocycles. The monoisotopic (exact) mass is 461 g/mol. The van der Waals surface area contributed by atoms with Crippen LogP contribution in [0.3, 0.4) is 0 Å². The maximum Gasteiger partial charge on any atom is 0.251 e. The zero-order chi connectivity index (χ0) is 24.0. The van der Waals surface area contributed by atoms with Crippen LogP contribution in [0.4, 0.5) is 0 Å². The molecule has 180 valence electrons. The normalized spacial score (nSPS) is 20.9. The summed E-state index contributed by atoms with van der Waals surface area (Å²) < 4.78 is 5.87. The quantitative estimate of drug-likeness (QED) is 0.601. The van der Waals surface area contributed by atoms with Crippen molar-refractivity contribution in [1.82, 2.24) is 15.6 Å². The van der Waals surface area contributed by atoms with Gasteiger partial charge in [-0.25, -0.2) is 0 Å². The number of benzene rings is 2. The van der Waals surface area contributed by atoms with E-state index in [2.05, 4.69) is 58.0 Å². The Kier molecular flexibility index (Phi) is 7.75. The number of hydrazone groups is 1. The molecule has 0 saturated carbocycles. The zero-order valence-corrected chi connectivity index (χ0v) is 20.3. The summed E-state index contributed by atoms with van der Waals surface area (Å²) in [5.41, 5.74) is 5.41. The molecule has 0 radical (unpaired) electrons. The highest BCUT2D eigenvalue weighted by Crippen LogP contribution is 2.26. The Bertz CT molecular complexity index is 1020. The van der Waals surface area contributed by atoms with Crippen LogP contribution in [0, 0.1) is 11.8 Å². The highest BCUT2D eigenvalue weighted by molar-refractivity contribution is 5.98. The molecule has 1 saturated heterocycles. The lowest BCUT2D eigenvalue weighted by molar-refractivity contribution is -0.143. The molecule has 2 aromatic carbocycles. The smallest absolute Gasteiger partial charge is 0.251 e. The van der Waals surface area contributed by atoms with Gasteiger partial charge in [0.15, 0.2) is 0 Å². The molecule has 1 fully saturated rings. The number of hydrogen-bond donors (Lipinski definition) is 2. The van der Waals surface area contributed by atoms with E-state index in [1.54, 1.807) is 13.8 Å². The Labute approximate surface area is 202 Å². The number of ether oxygens (including phenoxy) is 1. The lowest BCUT2D eigenvalue weighted by atomic mass is 9.97. The molecule has 7 nitrogen and oxygen atoms in total. The molecule has 2 N–H and O–H groups in total. The van der Waals surface area contributed by atoms with E-state index in [1.165, 1.54) is 5.56 Å². The fourth-order valence-electron chi connectivity index (χ4n) is 4.37. The molecule has 4 rings (SSSR count). The highest BCUT2D eigenvalue weighted by atomic mass is 16.5. The predicted molar refractivity (Wildman–Crippen MR) is 136 cm³/mol. The third-order valence-electron chi connectivity index (χ3n) is 6.49. The third kappa shape index (κ3) is 6.30. The van der Waals surface area contributed by atoms with Crippen LogP contribution in [0.25, 0.3) is 0 Å². The van der Waals surface area contributed by atoms with Gasteiger partial charge in [-0.1, -0.05) is 67.6 Å². The molecule has 2 unspecified atom stereocenters. The molecule has 0 spiro atoms. The van der Waals surface area contributed by atoms with Crippen molar-refractivity contribution in [2.75, 3.05) is 26.2 Å². The topological polar surface area (TPSA) is 78.3 Å². The van der Waals surface area contributed by atoms with Crippen molar-refractivity contribution in [3.05, 3.63) is 71.8 Å². The maximum absolute atomic E-state index is 12.7. The van der Waals surface area contributed by atoms with Gasteiger partial charge in [0.1, 0.15) is 11.4 Å². The Morgan fingerprint density at radius 3 is 2.41 bits per heavy atom. The van der Waals surface area contributed by atoms with E-state index in [1.807, 2.05) is 30.3 Å². The van der Waals surface area contributed by atoms with Crippen LogP contribution in [0.15, 0.2) is 70.8 Å². The molecule has 7 heteroatoms. The number of amides is 1. The summed E-state index contributed by atoms with van der Waals surface area (Å²) >= 11 is 0. The molecule has 34 heavy (non-hydrogen) atoms. The van der Waals surface area contributed by atoms with E-state index in [-0.39, 0.29) is 5.91 Å². The van der Waals surface area contributed by atoms with Gasteiger partial charge in [0, 0.05) is 25.6 Å². The molecular formula is C27H35N5O2. The van der Waals surface area contributed by atoms with Gasteiger partial charge in [0.2, 0.25) is 0 Å². The van der Waals surface area contributed by atoms with Crippen molar-refractivity contribution in [3.63, 3.8) is 0 Å². The maximum atomic E-state index is 12.7. The highest BCUT2D eigenvalue weighted by Gasteiger charge is 2.34. The minimum atomic E-state index is -0.936. The lowest BCUT2D eigenvalue weighted by Crippen LogP contribution is -2.47. The second-order valence-corrected chi connectivity index (χ2v) is 9.72. The van der Waals surface area contributed by atoms with Crippen molar-refractivity contribution in [2.24, 2.45) is 21.9 Å². The van der Waals surface area contributed by atoms with Gasteiger partial charge in [-0.3, -0.25) is 20.1 Å². The fraction of sp³-hybridized carbons (Fsp3) is 0.444.